The molecule has 0 fully saturated rings. The lowest BCUT2D eigenvalue weighted by Gasteiger charge is -2.30. The second-order valence-electron chi connectivity index (χ2n) is 4.65. The Kier molecular flexibility index (Phi) is 5.17. The Morgan fingerprint density at radius 1 is 1.05 bits per heavy atom. The van der Waals surface area contributed by atoms with Crippen molar-refractivity contribution in [2.45, 2.75) is 4.75 Å². The summed E-state index contributed by atoms with van der Waals surface area (Å²) in [5.41, 5.74) is 1.89. The Bertz CT molecular complexity index is 559. The van der Waals surface area contributed by atoms with E-state index >= 15 is 0 Å². The predicted octanol–water partition coefficient (Wildman–Crippen LogP) is 4.13. The van der Waals surface area contributed by atoms with E-state index in [1.807, 2.05) is 60.7 Å². The van der Waals surface area contributed by atoms with Gasteiger partial charge in [-0.1, -0.05) is 66.7 Å². The maximum atomic E-state index is 11.3. The van der Waals surface area contributed by atoms with Crippen molar-refractivity contribution in [2.24, 2.45) is 0 Å². The van der Waals surface area contributed by atoms with E-state index in [-0.39, 0.29) is 11.5 Å². The number of nitrogens with zero attached hydrogens (tertiary/aromatic N) is 1. The van der Waals surface area contributed by atoms with E-state index in [0.717, 1.165) is 11.1 Å². The molecule has 0 unspecified atom stereocenters. The van der Waals surface area contributed by atoms with Crippen LogP contribution in [0, 0.1) is 10.1 Å². The largest absolute Gasteiger partial charge is 0.264 e. The summed E-state index contributed by atoms with van der Waals surface area (Å²) in [5, 5.41) is 11.3. The van der Waals surface area contributed by atoms with Gasteiger partial charge in [-0.15, -0.1) is 18.3 Å². The van der Waals surface area contributed by atoms with E-state index in [4.69, 9.17) is 0 Å². The van der Waals surface area contributed by atoms with E-state index in [2.05, 4.69) is 6.58 Å². The van der Waals surface area contributed by atoms with Crippen LogP contribution >= 0.6 is 11.8 Å². The molecule has 0 aliphatic carbocycles. The molecule has 108 valence electrons. The van der Waals surface area contributed by atoms with Crippen molar-refractivity contribution < 1.29 is 4.92 Å². The zero-order valence-corrected chi connectivity index (χ0v) is 12.5. The van der Waals surface area contributed by atoms with Gasteiger partial charge in [-0.2, -0.15) is 0 Å². The SMILES string of the molecule is C=CCSC(C[N+](=O)[O-])(c1ccccc1)c1ccccc1. The van der Waals surface area contributed by atoms with Crippen LogP contribution in [0.1, 0.15) is 11.1 Å². The van der Waals surface area contributed by atoms with Gasteiger partial charge >= 0.3 is 0 Å². The van der Waals surface area contributed by atoms with Crippen LogP contribution in [0.4, 0.5) is 0 Å². The third-order valence-electron chi connectivity index (χ3n) is 3.28. The van der Waals surface area contributed by atoms with E-state index in [1.54, 1.807) is 17.8 Å². The summed E-state index contributed by atoms with van der Waals surface area (Å²) in [6, 6.07) is 19.3. The Morgan fingerprint density at radius 3 is 1.90 bits per heavy atom. The molecule has 0 spiro atoms. The van der Waals surface area contributed by atoms with Crippen molar-refractivity contribution >= 4 is 11.8 Å². The number of nitro groups is 1. The van der Waals surface area contributed by atoms with Gasteiger partial charge < -0.3 is 0 Å². The highest BCUT2D eigenvalue weighted by molar-refractivity contribution is 8.00. The summed E-state index contributed by atoms with van der Waals surface area (Å²) in [5.74, 6) is 0.650. The molecule has 2 rings (SSSR count). The highest BCUT2D eigenvalue weighted by Crippen LogP contribution is 2.43. The molecule has 0 bridgehead atoms. The Labute approximate surface area is 128 Å². The summed E-state index contributed by atoms with van der Waals surface area (Å²) in [6.07, 6.45) is 1.78. The highest BCUT2D eigenvalue weighted by Gasteiger charge is 2.39. The fourth-order valence-corrected chi connectivity index (χ4v) is 3.56. The van der Waals surface area contributed by atoms with E-state index < -0.39 is 4.75 Å². The summed E-state index contributed by atoms with van der Waals surface area (Å²) >= 11 is 1.54. The number of benzene rings is 2. The second-order valence-corrected chi connectivity index (χ2v) is 5.97. The molecule has 0 radical (unpaired) electrons. The quantitative estimate of drug-likeness (QED) is 0.438. The highest BCUT2D eigenvalue weighted by atomic mass is 32.2. The molecule has 2 aromatic carbocycles. The van der Waals surface area contributed by atoms with Crippen molar-refractivity contribution in [1.82, 2.24) is 0 Å². The van der Waals surface area contributed by atoms with Crippen molar-refractivity contribution in [3.8, 4) is 0 Å². The maximum absolute atomic E-state index is 11.3. The number of rotatable bonds is 7. The lowest BCUT2D eigenvalue weighted by atomic mass is 9.90. The van der Waals surface area contributed by atoms with Gasteiger partial charge in [0.2, 0.25) is 6.54 Å². The lowest BCUT2D eigenvalue weighted by Crippen LogP contribution is -2.33. The first-order valence-corrected chi connectivity index (χ1v) is 7.65. The van der Waals surface area contributed by atoms with E-state index in [0.29, 0.717) is 5.75 Å². The molecule has 0 atom stereocenters. The Hall–Kier alpha value is -2.07. The molecule has 21 heavy (non-hydrogen) atoms. The van der Waals surface area contributed by atoms with Gasteiger partial charge in [0.15, 0.2) is 0 Å². The fourth-order valence-electron chi connectivity index (χ4n) is 2.36. The van der Waals surface area contributed by atoms with E-state index in [1.165, 1.54) is 0 Å². The second kappa shape index (κ2) is 7.09. The van der Waals surface area contributed by atoms with Crippen LogP contribution in [0.5, 0.6) is 0 Å². The van der Waals surface area contributed by atoms with E-state index in [9.17, 15) is 10.1 Å². The smallest absolute Gasteiger partial charge is 0.226 e. The molecule has 2 aromatic rings. The minimum absolute atomic E-state index is 0.153. The molecular weight excluding hydrogens is 282 g/mol. The maximum Gasteiger partial charge on any atom is 0.226 e. The van der Waals surface area contributed by atoms with Crippen LogP contribution in [0.15, 0.2) is 73.3 Å². The van der Waals surface area contributed by atoms with Gasteiger partial charge in [-0.3, -0.25) is 10.1 Å². The first kappa shape index (κ1) is 15.3. The van der Waals surface area contributed by atoms with Crippen LogP contribution in [-0.2, 0) is 4.75 Å². The summed E-state index contributed by atoms with van der Waals surface area (Å²) in [7, 11) is 0. The van der Waals surface area contributed by atoms with Crippen molar-refractivity contribution in [3.05, 3.63) is 94.6 Å². The van der Waals surface area contributed by atoms with Gasteiger partial charge in [0.1, 0.15) is 4.75 Å². The van der Waals surface area contributed by atoms with Crippen LogP contribution in [-0.4, -0.2) is 17.2 Å². The number of thioether (sulfide) groups is 1. The summed E-state index contributed by atoms with van der Waals surface area (Å²) in [4.78, 5) is 11.1. The third-order valence-corrected chi connectivity index (χ3v) is 4.78. The average Bonchev–Trinajstić information content (AvgIpc) is 2.53. The van der Waals surface area contributed by atoms with Crippen LogP contribution < -0.4 is 0 Å². The normalized spacial score (nSPS) is 11.0. The molecule has 0 aliphatic heterocycles. The molecule has 3 nitrogen and oxygen atoms in total. The lowest BCUT2D eigenvalue weighted by molar-refractivity contribution is -0.484. The van der Waals surface area contributed by atoms with Crippen molar-refractivity contribution in [3.63, 3.8) is 0 Å². The summed E-state index contributed by atoms with van der Waals surface area (Å²) in [6.45, 7) is 3.59. The molecule has 0 amide bonds. The monoisotopic (exact) mass is 299 g/mol. The average molecular weight is 299 g/mol. The minimum Gasteiger partial charge on any atom is -0.264 e. The van der Waals surface area contributed by atoms with Gasteiger partial charge in [-0.05, 0) is 11.1 Å². The first-order valence-electron chi connectivity index (χ1n) is 6.67. The molecule has 0 saturated heterocycles. The van der Waals surface area contributed by atoms with Crippen molar-refractivity contribution in [1.29, 1.82) is 0 Å². The van der Waals surface area contributed by atoms with Gasteiger partial charge in [-0.25, -0.2) is 0 Å². The molecular formula is C17H17NO2S. The number of hydrogen-bond donors (Lipinski definition) is 0. The molecule has 0 heterocycles. The zero-order chi connectivity index (χ0) is 15.1. The molecule has 0 aromatic heterocycles. The molecule has 0 aliphatic rings. The molecule has 0 N–H and O–H groups in total. The van der Waals surface area contributed by atoms with Crippen LogP contribution in [0.25, 0.3) is 0 Å². The van der Waals surface area contributed by atoms with Gasteiger partial charge in [0.05, 0.1) is 0 Å². The van der Waals surface area contributed by atoms with Gasteiger partial charge in [0, 0.05) is 10.7 Å². The molecule has 0 saturated carbocycles. The van der Waals surface area contributed by atoms with Crippen LogP contribution in [0.2, 0.25) is 0 Å². The Balaban J connectivity index is 2.58. The topological polar surface area (TPSA) is 43.1 Å². The van der Waals surface area contributed by atoms with Crippen molar-refractivity contribution in [2.75, 3.05) is 12.3 Å². The first-order chi connectivity index (χ1) is 10.2. The fraction of sp³-hybridized carbons (Fsp3) is 0.176. The molecule has 4 heteroatoms. The minimum atomic E-state index is -0.694. The van der Waals surface area contributed by atoms with Gasteiger partial charge in [0.25, 0.3) is 0 Å². The summed E-state index contributed by atoms with van der Waals surface area (Å²) < 4.78 is -0.694. The number of hydrogen-bond acceptors (Lipinski definition) is 3. The predicted molar refractivity (Wildman–Crippen MR) is 88.2 cm³/mol. The third kappa shape index (κ3) is 3.52. The standard InChI is InChI=1S/C17H17NO2S/c1-2-13-21-17(14-18(19)20,15-9-5-3-6-10-15)16-11-7-4-8-12-16/h2-12H,1,13-14H2. The van der Waals surface area contributed by atoms with Crippen LogP contribution in [0.3, 0.4) is 0 Å². The Morgan fingerprint density at radius 2 is 1.52 bits per heavy atom. The zero-order valence-electron chi connectivity index (χ0n) is 11.6.